The van der Waals surface area contributed by atoms with Crippen molar-refractivity contribution in [3.05, 3.63) is 15.5 Å². The van der Waals surface area contributed by atoms with E-state index in [1.807, 2.05) is 27.0 Å². The number of amides is 1. The molecule has 0 saturated carbocycles. The van der Waals surface area contributed by atoms with E-state index < -0.39 is 5.60 Å². The van der Waals surface area contributed by atoms with Crippen molar-refractivity contribution in [2.45, 2.75) is 51.8 Å². The SMILES string of the molecule is CC(C)(C)OC(=O)N[C@@H]1CCCN(Cc2cnc(Cl)s2)C1. The van der Waals surface area contributed by atoms with Gasteiger partial charge in [0.2, 0.25) is 0 Å². The maximum Gasteiger partial charge on any atom is 0.407 e. The van der Waals surface area contributed by atoms with Crippen LogP contribution in [0.2, 0.25) is 4.47 Å². The van der Waals surface area contributed by atoms with Crippen molar-refractivity contribution in [3.63, 3.8) is 0 Å². The molecule has 1 N–H and O–H groups in total. The smallest absolute Gasteiger partial charge is 0.407 e. The van der Waals surface area contributed by atoms with E-state index in [0.29, 0.717) is 4.47 Å². The average molecular weight is 332 g/mol. The predicted octanol–water partition coefficient (Wildman–Crippen LogP) is 3.29. The minimum atomic E-state index is -0.460. The van der Waals surface area contributed by atoms with E-state index in [0.717, 1.165) is 37.4 Å². The van der Waals surface area contributed by atoms with Gasteiger partial charge in [-0.3, -0.25) is 4.90 Å². The Morgan fingerprint density at radius 3 is 3.00 bits per heavy atom. The zero-order chi connectivity index (χ0) is 15.5. The molecular formula is C14H22ClN3O2S. The molecule has 7 heteroatoms. The Balaban J connectivity index is 1.82. The highest BCUT2D eigenvalue weighted by Crippen LogP contribution is 2.21. The standard InChI is InChI=1S/C14H22ClN3O2S/c1-14(2,3)20-13(19)17-10-5-4-6-18(8-10)9-11-7-16-12(15)21-11/h7,10H,4-6,8-9H2,1-3H3,(H,17,19)/t10-/m1/s1. The van der Waals surface area contributed by atoms with Gasteiger partial charge in [0.25, 0.3) is 0 Å². The number of rotatable bonds is 3. The number of nitrogens with one attached hydrogen (secondary N) is 1. The van der Waals surface area contributed by atoms with Gasteiger partial charge in [-0.05, 0) is 40.2 Å². The van der Waals surface area contributed by atoms with Crippen molar-refractivity contribution in [1.29, 1.82) is 0 Å². The van der Waals surface area contributed by atoms with Crippen LogP contribution in [-0.2, 0) is 11.3 Å². The van der Waals surface area contributed by atoms with Gasteiger partial charge in [0.05, 0.1) is 0 Å². The highest BCUT2D eigenvalue weighted by atomic mass is 35.5. The Morgan fingerprint density at radius 1 is 1.62 bits per heavy atom. The molecule has 118 valence electrons. The van der Waals surface area contributed by atoms with Gasteiger partial charge in [-0.2, -0.15) is 0 Å². The summed E-state index contributed by atoms with van der Waals surface area (Å²) in [4.78, 5) is 19.3. The Bertz CT molecular complexity index is 487. The second-order valence-corrected chi connectivity index (χ2v) is 8.00. The van der Waals surface area contributed by atoms with Crippen LogP contribution in [-0.4, -0.2) is 40.7 Å². The molecule has 0 unspecified atom stereocenters. The number of thiazole rings is 1. The molecular weight excluding hydrogens is 310 g/mol. The van der Waals surface area contributed by atoms with E-state index in [9.17, 15) is 4.79 Å². The van der Waals surface area contributed by atoms with Crippen LogP contribution in [0.3, 0.4) is 0 Å². The van der Waals surface area contributed by atoms with Crippen molar-refractivity contribution in [2.24, 2.45) is 0 Å². The normalized spacial score (nSPS) is 20.3. The lowest BCUT2D eigenvalue weighted by molar-refractivity contribution is 0.0470. The molecule has 1 saturated heterocycles. The van der Waals surface area contributed by atoms with E-state index in [2.05, 4.69) is 15.2 Å². The fourth-order valence-electron chi connectivity index (χ4n) is 2.37. The monoisotopic (exact) mass is 331 g/mol. The Kier molecular flexibility index (Phi) is 5.46. The van der Waals surface area contributed by atoms with E-state index in [4.69, 9.17) is 16.3 Å². The van der Waals surface area contributed by atoms with Crippen LogP contribution in [0.15, 0.2) is 6.20 Å². The topological polar surface area (TPSA) is 54.5 Å². The van der Waals surface area contributed by atoms with Crippen LogP contribution in [0.1, 0.15) is 38.5 Å². The van der Waals surface area contributed by atoms with Crippen molar-refractivity contribution < 1.29 is 9.53 Å². The molecule has 1 aliphatic heterocycles. The summed E-state index contributed by atoms with van der Waals surface area (Å²) in [6.07, 6.45) is 3.53. The van der Waals surface area contributed by atoms with Gasteiger partial charge in [-0.25, -0.2) is 9.78 Å². The predicted molar refractivity (Wildman–Crippen MR) is 84.8 cm³/mol. The highest BCUT2D eigenvalue weighted by molar-refractivity contribution is 7.15. The minimum Gasteiger partial charge on any atom is -0.444 e. The first-order valence-corrected chi connectivity index (χ1v) is 8.33. The first kappa shape index (κ1) is 16.5. The maximum absolute atomic E-state index is 11.8. The fraction of sp³-hybridized carbons (Fsp3) is 0.714. The van der Waals surface area contributed by atoms with Gasteiger partial charge in [-0.15, -0.1) is 11.3 Å². The molecule has 0 aliphatic carbocycles. The zero-order valence-corrected chi connectivity index (χ0v) is 14.3. The molecule has 1 amide bonds. The molecule has 1 aromatic heterocycles. The van der Waals surface area contributed by atoms with Crippen LogP contribution >= 0.6 is 22.9 Å². The summed E-state index contributed by atoms with van der Waals surface area (Å²) in [6, 6.07) is 0.136. The quantitative estimate of drug-likeness (QED) is 0.923. The lowest BCUT2D eigenvalue weighted by Crippen LogP contribution is -2.48. The number of hydrogen-bond acceptors (Lipinski definition) is 5. The molecule has 0 bridgehead atoms. The van der Waals surface area contributed by atoms with E-state index in [-0.39, 0.29) is 12.1 Å². The Morgan fingerprint density at radius 2 is 2.38 bits per heavy atom. The van der Waals surface area contributed by atoms with Gasteiger partial charge in [0, 0.05) is 30.2 Å². The summed E-state index contributed by atoms with van der Waals surface area (Å²) in [5.74, 6) is 0. The van der Waals surface area contributed by atoms with Gasteiger partial charge < -0.3 is 10.1 Å². The number of hydrogen-bond donors (Lipinski definition) is 1. The first-order chi connectivity index (χ1) is 9.82. The summed E-state index contributed by atoms with van der Waals surface area (Å²) in [7, 11) is 0. The Hall–Kier alpha value is -0.850. The van der Waals surface area contributed by atoms with Crippen molar-refractivity contribution in [2.75, 3.05) is 13.1 Å². The summed E-state index contributed by atoms with van der Waals surface area (Å²) < 4.78 is 5.88. The van der Waals surface area contributed by atoms with Crippen molar-refractivity contribution in [1.82, 2.24) is 15.2 Å². The molecule has 0 radical (unpaired) electrons. The minimum absolute atomic E-state index is 0.136. The lowest BCUT2D eigenvalue weighted by Gasteiger charge is -2.33. The van der Waals surface area contributed by atoms with E-state index in [1.54, 1.807) is 0 Å². The number of ether oxygens (including phenoxy) is 1. The van der Waals surface area contributed by atoms with E-state index in [1.165, 1.54) is 11.3 Å². The van der Waals surface area contributed by atoms with Crippen LogP contribution in [0.4, 0.5) is 4.79 Å². The number of piperidine rings is 1. The summed E-state index contributed by atoms with van der Waals surface area (Å²) in [5, 5.41) is 2.96. The zero-order valence-electron chi connectivity index (χ0n) is 12.7. The molecule has 1 fully saturated rings. The third-order valence-corrected chi connectivity index (χ3v) is 4.23. The molecule has 0 spiro atoms. The number of likely N-dealkylation sites (tertiary alicyclic amines) is 1. The molecule has 1 aromatic rings. The largest absolute Gasteiger partial charge is 0.444 e. The number of halogens is 1. The number of alkyl carbamates (subject to hydrolysis) is 1. The molecule has 0 aromatic carbocycles. The Labute approximate surface area is 134 Å². The molecule has 2 heterocycles. The first-order valence-electron chi connectivity index (χ1n) is 7.14. The number of carbonyl (C=O) groups is 1. The molecule has 1 atom stereocenters. The van der Waals surface area contributed by atoms with Gasteiger partial charge >= 0.3 is 6.09 Å². The summed E-state index contributed by atoms with van der Waals surface area (Å²) >= 11 is 7.36. The lowest BCUT2D eigenvalue weighted by atomic mass is 10.1. The van der Waals surface area contributed by atoms with Crippen molar-refractivity contribution in [3.8, 4) is 0 Å². The molecule has 21 heavy (non-hydrogen) atoms. The van der Waals surface area contributed by atoms with Gasteiger partial charge in [0.15, 0.2) is 4.47 Å². The third kappa shape index (κ3) is 5.80. The second kappa shape index (κ2) is 6.94. The third-order valence-electron chi connectivity index (χ3n) is 3.13. The maximum atomic E-state index is 11.8. The summed E-state index contributed by atoms with van der Waals surface area (Å²) in [5.41, 5.74) is -0.460. The molecule has 1 aliphatic rings. The summed E-state index contributed by atoms with van der Waals surface area (Å²) in [6.45, 7) is 8.29. The van der Waals surface area contributed by atoms with Crippen LogP contribution in [0.5, 0.6) is 0 Å². The number of nitrogens with zero attached hydrogens (tertiary/aromatic N) is 2. The molecule has 5 nitrogen and oxygen atoms in total. The number of carbonyl (C=O) groups excluding carboxylic acids is 1. The van der Waals surface area contributed by atoms with Gasteiger partial charge in [0.1, 0.15) is 5.60 Å². The van der Waals surface area contributed by atoms with Crippen LogP contribution in [0.25, 0.3) is 0 Å². The van der Waals surface area contributed by atoms with Crippen molar-refractivity contribution >= 4 is 29.0 Å². The number of aromatic nitrogens is 1. The average Bonchev–Trinajstić information content (AvgIpc) is 2.72. The van der Waals surface area contributed by atoms with Gasteiger partial charge in [-0.1, -0.05) is 11.6 Å². The highest BCUT2D eigenvalue weighted by Gasteiger charge is 2.24. The van der Waals surface area contributed by atoms with Crippen LogP contribution in [0, 0.1) is 0 Å². The molecule has 2 rings (SSSR count). The van der Waals surface area contributed by atoms with Crippen LogP contribution < -0.4 is 5.32 Å². The second-order valence-electron chi connectivity index (χ2n) is 6.30. The van der Waals surface area contributed by atoms with E-state index >= 15 is 0 Å². The fourth-order valence-corrected chi connectivity index (χ4v) is 3.39.